The van der Waals surface area contributed by atoms with E-state index in [1.54, 1.807) is 11.0 Å². The molecule has 5 nitrogen and oxygen atoms in total. The largest absolute Gasteiger partial charge is 0.416 e. The second-order valence-electron chi connectivity index (χ2n) is 8.04. The Labute approximate surface area is 180 Å². The molecule has 2 saturated heterocycles. The summed E-state index contributed by atoms with van der Waals surface area (Å²) in [6.45, 7) is 4.59. The summed E-state index contributed by atoms with van der Waals surface area (Å²) in [6, 6.07) is 13.5. The zero-order valence-corrected chi connectivity index (χ0v) is 17.4. The molecule has 2 heterocycles. The lowest BCUT2D eigenvalue weighted by Gasteiger charge is -2.36. The second kappa shape index (κ2) is 9.08. The minimum absolute atomic E-state index is 0.146. The van der Waals surface area contributed by atoms with Crippen LogP contribution in [0.5, 0.6) is 0 Å². The van der Waals surface area contributed by atoms with Gasteiger partial charge in [0.25, 0.3) is 0 Å². The Kier molecular flexibility index (Phi) is 6.25. The minimum atomic E-state index is -4.36. The summed E-state index contributed by atoms with van der Waals surface area (Å²) in [7, 11) is 0. The molecule has 0 aromatic heterocycles. The molecule has 0 aliphatic carbocycles. The number of amides is 2. The third kappa shape index (κ3) is 5.24. The highest BCUT2D eigenvalue weighted by Crippen LogP contribution is 2.31. The number of anilines is 2. The molecule has 8 heteroatoms. The van der Waals surface area contributed by atoms with Crippen LogP contribution in [0.15, 0.2) is 48.5 Å². The highest BCUT2D eigenvalue weighted by Gasteiger charge is 2.31. The van der Waals surface area contributed by atoms with Crippen molar-refractivity contribution >= 4 is 17.4 Å². The van der Waals surface area contributed by atoms with Crippen LogP contribution in [-0.2, 0) is 12.7 Å². The van der Waals surface area contributed by atoms with Crippen molar-refractivity contribution in [2.75, 3.05) is 49.1 Å². The van der Waals surface area contributed by atoms with Gasteiger partial charge in [-0.15, -0.1) is 0 Å². The first-order valence-corrected chi connectivity index (χ1v) is 10.7. The van der Waals surface area contributed by atoms with Crippen molar-refractivity contribution in [1.29, 1.82) is 0 Å². The molecule has 2 aliphatic rings. The van der Waals surface area contributed by atoms with Crippen molar-refractivity contribution in [2.24, 2.45) is 0 Å². The van der Waals surface area contributed by atoms with Gasteiger partial charge >= 0.3 is 12.2 Å². The molecule has 0 atom stereocenters. The molecule has 0 unspecified atom stereocenters. The van der Waals surface area contributed by atoms with Gasteiger partial charge in [0.05, 0.1) is 5.56 Å². The maximum atomic E-state index is 12.9. The number of hydrogen-bond donors (Lipinski definition) is 1. The lowest BCUT2D eigenvalue weighted by atomic mass is 10.1. The topological polar surface area (TPSA) is 38.8 Å². The molecule has 2 amide bonds. The van der Waals surface area contributed by atoms with Crippen molar-refractivity contribution < 1.29 is 18.0 Å². The lowest BCUT2D eigenvalue weighted by Crippen LogP contribution is -2.51. The fraction of sp³-hybridized carbons (Fsp3) is 0.435. The normalized spacial score (nSPS) is 17.2. The number of benzene rings is 2. The van der Waals surface area contributed by atoms with E-state index in [4.69, 9.17) is 0 Å². The molecule has 0 saturated carbocycles. The zero-order chi connectivity index (χ0) is 21.8. The first-order chi connectivity index (χ1) is 14.9. The number of nitrogens with zero attached hydrogens (tertiary/aromatic N) is 3. The van der Waals surface area contributed by atoms with E-state index < -0.39 is 11.7 Å². The average molecular weight is 432 g/mol. The molecule has 2 aliphatic heterocycles. The summed E-state index contributed by atoms with van der Waals surface area (Å²) >= 11 is 0. The molecule has 4 rings (SSSR count). The first-order valence-electron chi connectivity index (χ1n) is 10.7. The first kappa shape index (κ1) is 21.3. The average Bonchev–Trinajstić information content (AvgIpc) is 3.32. The van der Waals surface area contributed by atoms with Gasteiger partial charge in [0.2, 0.25) is 0 Å². The number of piperazine rings is 1. The third-order valence-corrected chi connectivity index (χ3v) is 5.96. The number of rotatable bonds is 4. The van der Waals surface area contributed by atoms with Crippen molar-refractivity contribution in [3.8, 4) is 0 Å². The fourth-order valence-electron chi connectivity index (χ4n) is 4.14. The van der Waals surface area contributed by atoms with Crippen LogP contribution >= 0.6 is 0 Å². The second-order valence-corrected chi connectivity index (χ2v) is 8.04. The standard InChI is InChI=1S/C23H27F3N4O/c24-23(25,26)19-4-3-5-21(16-19)29-12-14-30(15-13-29)22(31)27-17-18-6-8-20(9-7-18)28-10-1-2-11-28/h3-9,16H,1-2,10-15,17H2,(H,27,31). The number of nitrogens with one attached hydrogen (secondary N) is 1. The van der Waals surface area contributed by atoms with Gasteiger partial charge in [-0.25, -0.2) is 4.79 Å². The summed E-state index contributed by atoms with van der Waals surface area (Å²) in [5.41, 5.74) is 2.14. The number of carbonyl (C=O) groups excluding carboxylic acids is 1. The molecule has 2 fully saturated rings. The smallest absolute Gasteiger partial charge is 0.372 e. The van der Waals surface area contributed by atoms with E-state index in [2.05, 4.69) is 22.3 Å². The summed E-state index contributed by atoms with van der Waals surface area (Å²) in [4.78, 5) is 18.5. The van der Waals surface area contributed by atoms with E-state index >= 15 is 0 Å². The van der Waals surface area contributed by atoms with Crippen molar-refractivity contribution in [3.05, 3.63) is 59.7 Å². The van der Waals surface area contributed by atoms with Crippen LogP contribution in [0, 0.1) is 0 Å². The lowest BCUT2D eigenvalue weighted by molar-refractivity contribution is -0.137. The number of carbonyl (C=O) groups is 1. The van der Waals surface area contributed by atoms with Gasteiger partial charge in [0.15, 0.2) is 0 Å². The maximum absolute atomic E-state index is 12.9. The molecule has 0 bridgehead atoms. The van der Waals surface area contributed by atoms with Gasteiger partial charge < -0.3 is 20.0 Å². The molecule has 2 aromatic carbocycles. The van der Waals surface area contributed by atoms with Crippen LogP contribution in [0.2, 0.25) is 0 Å². The van der Waals surface area contributed by atoms with Crippen molar-refractivity contribution in [2.45, 2.75) is 25.6 Å². The Hall–Kier alpha value is -2.90. The number of halogens is 3. The zero-order valence-electron chi connectivity index (χ0n) is 17.4. The summed E-state index contributed by atoms with van der Waals surface area (Å²) < 4.78 is 38.8. The Balaban J connectivity index is 1.26. The Bertz CT molecular complexity index is 886. The predicted octanol–water partition coefficient (Wildman–Crippen LogP) is 4.34. The molecular formula is C23H27F3N4O. The van der Waals surface area contributed by atoms with Crippen molar-refractivity contribution in [3.63, 3.8) is 0 Å². The summed E-state index contributed by atoms with van der Waals surface area (Å²) in [5.74, 6) is 0. The van der Waals surface area contributed by atoms with Gasteiger partial charge in [-0.1, -0.05) is 18.2 Å². The van der Waals surface area contributed by atoms with E-state index in [0.29, 0.717) is 38.4 Å². The maximum Gasteiger partial charge on any atom is 0.416 e. The number of urea groups is 1. The highest BCUT2D eigenvalue weighted by molar-refractivity contribution is 5.74. The van der Waals surface area contributed by atoms with E-state index in [-0.39, 0.29) is 6.03 Å². The molecule has 31 heavy (non-hydrogen) atoms. The van der Waals surface area contributed by atoms with Gasteiger partial charge in [0.1, 0.15) is 0 Å². The molecule has 2 aromatic rings. The van der Waals surface area contributed by atoms with E-state index in [0.717, 1.165) is 24.7 Å². The Morgan fingerprint density at radius 1 is 0.839 bits per heavy atom. The minimum Gasteiger partial charge on any atom is -0.372 e. The molecule has 166 valence electrons. The molecular weight excluding hydrogens is 405 g/mol. The molecule has 0 radical (unpaired) electrons. The van der Waals surface area contributed by atoms with Gasteiger partial charge in [0, 0.05) is 57.2 Å². The van der Waals surface area contributed by atoms with Crippen LogP contribution in [0.4, 0.5) is 29.3 Å². The number of hydrogen-bond acceptors (Lipinski definition) is 3. The van der Waals surface area contributed by atoms with Crippen LogP contribution in [0.1, 0.15) is 24.0 Å². The van der Waals surface area contributed by atoms with Crippen LogP contribution in [0.25, 0.3) is 0 Å². The fourth-order valence-corrected chi connectivity index (χ4v) is 4.14. The van der Waals surface area contributed by atoms with Crippen molar-refractivity contribution in [1.82, 2.24) is 10.2 Å². The monoisotopic (exact) mass is 432 g/mol. The van der Waals surface area contributed by atoms with Gasteiger partial charge in [-0.05, 0) is 48.7 Å². The van der Waals surface area contributed by atoms with Crippen LogP contribution in [0.3, 0.4) is 0 Å². The number of alkyl halides is 3. The summed E-state index contributed by atoms with van der Waals surface area (Å²) in [6.07, 6.45) is -1.89. The van der Waals surface area contributed by atoms with Crippen LogP contribution in [-0.4, -0.2) is 50.2 Å². The predicted molar refractivity (Wildman–Crippen MR) is 115 cm³/mol. The SMILES string of the molecule is O=C(NCc1ccc(N2CCCC2)cc1)N1CCN(c2cccc(C(F)(F)F)c2)CC1. The van der Waals surface area contributed by atoms with E-state index in [1.165, 1.54) is 30.7 Å². The van der Waals surface area contributed by atoms with Gasteiger partial charge in [-0.3, -0.25) is 0 Å². The third-order valence-electron chi connectivity index (χ3n) is 5.96. The summed E-state index contributed by atoms with van der Waals surface area (Å²) in [5, 5.41) is 2.95. The quantitative estimate of drug-likeness (QED) is 0.781. The highest BCUT2D eigenvalue weighted by atomic mass is 19.4. The van der Waals surface area contributed by atoms with E-state index in [9.17, 15) is 18.0 Å². The van der Waals surface area contributed by atoms with Crippen LogP contribution < -0.4 is 15.1 Å². The molecule has 1 N–H and O–H groups in total. The Morgan fingerprint density at radius 3 is 2.13 bits per heavy atom. The molecule has 0 spiro atoms. The van der Waals surface area contributed by atoms with E-state index in [1.807, 2.05) is 17.0 Å². The Morgan fingerprint density at radius 2 is 1.48 bits per heavy atom. The van der Waals surface area contributed by atoms with Gasteiger partial charge in [-0.2, -0.15) is 13.2 Å².